The molecule has 2 N–H and O–H groups in total. The summed E-state index contributed by atoms with van der Waals surface area (Å²) >= 11 is 24.4. The van der Waals surface area contributed by atoms with Gasteiger partial charge in [0.05, 0.1) is 21.7 Å². The lowest BCUT2D eigenvalue weighted by Gasteiger charge is -2.16. The van der Waals surface area contributed by atoms with E-state index in [2.05, 4.69) is 5.32 Å². The van der Waals surface area contributed by atoms with Crippen LogP contribution in [0.2, 0.25) is 20.1 Å². The van der Waals surface area contributed by atoms with Gasteiger partial charge in [0.2, 0.25) is 0 Å². The van der Waals surface area contributed by atoms with Gasteiger partial charge in [0, 0.05) is 28.9 Å². The fraction of sp³-hybridized carbons (Fsp3) is 0.182. The highest BCUT2D eigenvalue weighted by Gasteiger charge is 2.14. The molecule has 0 spiro atoms. The summed E-state index contributed by atoms with van der Waals surface area (Å²) in [7, 11) is 0. The zero-order valence-corrected chi connectivity index (χ0v) is 19.3. The van der Waals surface area contributed by atoms with Crippen molar-refractivity contribution in [2.75, 3.05) is 11.9 Å². The van der Waals surface area contributed by atoms with Crippen molar-refractivity contribution in [3.05, 3.63) is 79.5 Å². The van der Waals surface area contributed by atoms with E-state index in [1.807, 2.05) is 6.92 Å². The molecule has 0 saturated carbocycles. The first kappa shape index (κ1) is 23.6. The fourth-order valence-corrected chi connectivity index (χ4v) is 3.70. The first-order chi connectivity index (χ1) is 14.8. The molecule has 0 aliphatic heterocycles. The fourth-order valence-electron chi connectivity index (χ4n) is 2.78. The molecule has 0 aromatic heterocycles. The first-order valence-corrected chi connectivity index (χ1v) is 10.7. The number of anilines is 1. The summed E-state index contributed by atoms with van der Waals surface area (Å²) in [4.78, 5) is 0. The van der Waals surface area contributed by atoms with Crippen LogP contribution in [0.4, 0.5) is 10.1 Å². The number of aromatic hydroxyl groups is 1. The zero-order chi connectivity index (χ0) is 22.5. The summed E-state index contributed by atoms with van der Waals surface area (Å²) < 4.78 is 25.5. The van der Waals surface area contributed by atoms with Gasteiger partial charge in [0.15, 0.2) is 17.2 Å². The number of halogens is 5. The first-order valence-electron chi connectivity index (χ1n) is 9.23. The van der Waals surface area contributed by atoms with E-state index in [1.165, 1.54) is 12.1 Å². The van der Waals surface area contributed by atoms with E-state index < -0.39 is 5.82 Å². The third-order valence-electron chi connectivity index (χ3n) is 4.35. The van der Waals surface area contributed by atoms with Crippen molar-refractivity contribution in [2.24, 2.45) is 0 Å². The Kier molecular flexibility index (Phi) is 8.00. The lowest BCUT2D eigenvalue weighted by molar-refractivity contribution is 0.265. The smallest absolute Gasteiger partial charge is 0.163 e. The standard InChI is InChI=1S/C22H18Cl4FNO3/c1-2-30-20-6-12(10-28-13-7-17(25)22(29)18(26)8-13)16(24)9-21(20)31-11-14-15(23)4-3-5-19(14)27/h3-9,28-29H,2,10-11H2,1H3. The van der Waals surface area contributed by atoms with Gasteiger partial charge in [-0.3, -0.25) is 0 Å². The van der Waals surface area contributed by atoms with Crippen LogP contribution in [0.3, 0.4) is 0 Å². The summed E-state index contributed by atoms with van der Waals surface area (Å²) in [6.07, 6.45) is 0. The monoisotopic (exact) mass is 503 g/mol. The molecule has 0 aliphatic rings. The Balaban J connectivity index is 1.80. The predicted octanol–water partition coefficient (Wildman–Crippen LogP) is 7.73. The molecule has 3 aromatic rings. The molecule has 0 radical (unpaired) electrons. The maximum absolute atomic E-state index is 14.0. The summed E-state index contributed by atoms with van der Waals surface area (Å²) in [5.74, 6) is 0.189. The Hall–Kier alpha value is -2.05. The van der Waals surface area contributed by atoms with E-state index in [0.717, 1.165) is 5.56 Å². The van der Waals surface area contributed by atoms with E-state index in [0.29, 0.717) is 35.4 Å². The number of rotatable bonds is 8. The van der Waals surface area contributed by atoms with E-state index >= 15 is 0 Å². The van der Waals surface area contributed by atoms with E-state index in [1.54, 1.807) is 30.3 Å². The van der Waals surface area contributed by atoms with Crippen LogP contribution in [0.1, 0.15) is 18.1 Å². The van der Waals surface area contributed by atoms with Crippen LogP contribution < -0.4 is 14.8 Å². The molecule has 3 rings (SSSR count). The second-order valence-electron chi connectivity index (χ2n) is 6.45. The molecule has 0 amide bonds. The van der Waals surface area contributed by atoms with Crippen molar-refractivity contribution in [2.45, 2.75) is 20.1 Å². The highest BCUT2D eigenvalue weighted by atomic mass is 35.5. The van der Waals surface area contributed by atoms with Crippen LogP contribution >= 0.6 is 46.4 Å². The number of ether oxygens (including phenoxy) is 2. The van der Waals surface area contributed by atoms with E-state index in [-0.39, 0.29) is 33.0 Å². The van der Waals surface area contributed by atoms with Gasteiger partial charge in [-0.1, -0.05) is 52.5 Å². The average Bonchev–Trinajstić information content (AvgIpc) is 2.72. The Bertz CT molecular complexity index is 1050. The van der Waals surface area contributed by atoms with Crippen molar-refractivity contribution < 1.29 is 19.0 Å². The topological polar surface area (TPSA) is 50.7 Å². The minimum Gasteiger partial charge on any atom is -0.505 e. The molecule has 0 fully saturated rings. The molecule has 0 heterocycles. The minimum absolute atomic E-state index is 0.0794. The third kappa shape index (κ3) is 5.80. The predicted molar refractivity (Wildman–Crippen MR) is 124 cm³/mol. The molecular weight excluding hydrogens is 487 g/mol. The maximum Gasteiger partial charge on any atom is 0.163 e. The Labute approximate surface area is 199 Å². The van der Waals surface area contributed by atoms with Crippen molar-refractivity contribution in [3.8, 4) is 17.2 Å². The molecule has 31 heavy (non-hydrogen) atoms. The van der Waals surface area contributed by atoms with Gasteiger partial charge < -0.3 is 19.9 Å². The van der Waals surface area contributed by atoms with Crippen LogP contribution in [0.15, 0.2) is 42.5 Å². The molecule has 9 heteroatoms. The molecule has 0 atom stereocenters. The minimum atomic E-state index is -0.455. The van der Waals surface area contributed by atoms with Gasteiger partial charge in [-0.15, -0.1) is 0 Å². The maximum atomic E-state index is 14.0. The van der Waals surface area contributed by atoms with Gasteiger partial charge in [-0.2, -0.15) is 0 Å². The molecular formula is C22H18Cl4FNO3. The van der Waals surface area contributed by atoms with Crippen LogP contribution in [0, 0.1) is 5.82 Å². The van der Waals surface area contributed by atoms with Crippen molar-refractivity contribution >= 4 is 52.1 Å². The molecule has 164 valence electrons. The summed E-state index contributed by atoms with van der Waals surface area (Å²) in [5.41, 5.74) is 1.58. The number of benzene rings is 3. The van der Waals surface area contributed by atoms with Crippen LogP contribution in [0.25, 0.3) is 0 Å². The number of phenols is 1. The molecule has 0 unspecified atom stereocenters. The molecule has 4 nitrogen and oxygen atoms in total. The lowest BCUT2D eigenvalue weighted by Crippen LogP contribution is -2.05. The molecule has 0 bridgehead atoms. The van der Waals surface area contributed by atoms with E-state index in [4.69, 9.17) is 55.9 Å². The van der Waals surface area contributed by atoms with Crippen LogP contribution in [0.5, 0.6) is 17.2 Å². The Morgan fingerprint density at radius 3 is 2.23 bits per heavy atom. The lowest BCUT2D eigenvalue weighted by atomic mass is 10.1. The summed E-state index contributed by atoms with van der Waals surface area (Å²) in [5, 5.41) is 13.8. The van der Waals surface area contributed by atoms with Crippen molar-refractivity contribution in [3.63, 3.8) is 0 Å². The number of hydrogen-bond donors (Lipinski definition) is 2. The summed E-state index contributed by atoms with van der Waals surface area (Å²) in [6, 6.07) is 10.9. The molecule has 0 aliphatic carbocycles. The van der Waals surface area contributed by atoms with Gasteiger partial charge >= 0.3 is 0 Å². The number of hydrogen-bond acceptors (Lipinski definition) is 4. The Morgan fingerprint density at radius 1 is 0.903 bits per heavy atom. The van der Waals surface area contributed by atoms with Gasteiger partial charge in [-0.05, 0) is 42.8 Å². The zero-order valence-electron chi connectivity index (χ0n) is 16.3. The quantitative estimate of drug-likeness (QED) is 0.308. The van der Waals surface area contributed by atoms with Gasteiger partial charge in [-0.25, -0.2) is 4.39 Å². The van der Waals surface area contributed by atoms with Crippen LogP contribution in [-0.4, -0.2) is 11.7 Å². The Morgan fingerprint density at radius 2 is 1.58 bits per heavy atom. The SMILES string of the molecule is CCOc1cc(CNc2cc(Cl)c(O)c(Cl)c2)c(Cl)cc1OCc1c(F)cccc1Cl. The molecule has 0 saturated heterocycles. The average molecular weight is 505 g/mol. The molecule has 3 aromatic carbocycles. The largest absolute Gasteiger partial charge is 0.505 e. The van der Waals surface area contributed by atoms with Crippen molar-refractivity contribution in [1.29, 1.82) is 0 Å². The van der Waals surface area contributed by atoms with Crippen molar-refractivity contribution in [1.82, 2.24) is 0 Å². The van der Waals surface area contributed by atoms with Gasteiger partial charge in [0.25, 0.3) is 0 Å². The number of phenolic OH excluding ortho intramolecular Hbond substituents is 1. The summed E-state index contributed by atoms with van der Waals surface area (Å²) in [6.45, 7) is 2.48. The second-order valence-corrected chi connectivity index (χ2v) is 8.08. The highest BCUT2D eigenvalue weighted by molar-refractivity contribution is 6.37. The second kappa shape index (κ2) is 10.5. The van der Waals surface area contributed by atoms with Gasteiger partial charge in [0.1, 0.15) is 12.4 Å². The highest BCUT2D eigenvalue weighted by Crippen LogP contribution is 2.37. The normalized spacial score (nSPS) is 10.8. The van der Waals surface area contributed by atoms with E-state index in [9.17, 15) is 9.50 Å². The van der Waals surface area contributed by atoms with Crippen LogP contribution in [-0.2, 0) is 13.2 Å². The third-order valence-corrected chi connectivity index (χ3v) is 5.63. The number of nitrogens with one attached hydrogen (secondary N) is 1.